The predicted molar refractivity (Wildman–Crippen MR) is 70.3 cm³/mol. The minimum Gasteiger partial charge on any atom is -0.488 e. The lowest BCUT2D eigenvalue weighted by molar-refractivity contribution is -0.121. The molecule has 98 valence electrons. The first-order valence-electron chi connectivity index (χ1n) is 6.50. The Labute approximate surface area is 108 Å². The van der Waals surface area contributed by atoms with Gasteiger partial charge in [-0.2, -0.15) is 0 Å². The molecule has 4 heteroatoms. The maximum absolute atomic E-state index is 11.4. The van der Waals surface area contributed by atoms with Crippen molar-refractivity contribution in [3.8, 4) is 5.75 Å². The molecule has 0 aromatic heterocycles. The lowest BCUT2D eigenvalue weighted by Gasteiger charge is -2.32. The smallest absolute Gasteiger partial charge is 0.234 e. The van der Waals surface area contributed by atoms with Crippen LogP contribution < -0.4 is 15.8 Å². The number of hydrogen-bond acceptors (Lipinski definition) is 3. The quantitative estimate of drug-likeness (QED) is 0.847. The summed E-state index contributed by atoms with van der Waals surface area (Å²) in [5, 5.41) is 2.95. The fraction of sp³-hybridized carbons (Fsp3) is 0.500. The summed E-state index contributed by atoms with van der Waals surface area (Å²) in [6, 6.07) is 9.82. The normalized spacial score (nSPS) is 23.4. The molecule has 0 spiro atoms. The summed E-state index contributed by atoms with van der Waals surface area (Å²) in [7, 11) is 0. The Morgan fingerprint density at radius 3 is 2.72 bits per heavy atom. The molecule has 1 aromatic rings. The van der Waals surface area contributed by atoms with Gasteiger partial charge in [-0.25, -0.2) is 0 Å². The third-order valence-electron chi connectivity index (χ3n) is 3.26. The van der Waals surface area contributed by atoms with E-state index in [4.69, 9.17) is 10.5 Å². The Bertz CT molecular complexity index is 381. The van der Waals surface area contributed by atoms with E-state index in [0.717, 1.165) is 31.4 Å². The molecule has 18 heavy (non-hydrogen) atoms. The van der Waals surface area contributed by atoms with Gasteiger partial charge < -0.3 is 15.8 Å². The number of nitrogens with one attached hydrogen (secondary N) is 1. The van der Waals surface area contributed by atoms with Crippen LogP contribution in [-0.4, -0.2) is 24.6 Å². The average Bonchev–Trinajstić information content (AvgIpc) is 2.42. The van der Waals surface area contributed by atoms with Crippen LogP contribution in [0.15, 0.2) is 30.3 Å². The van der Waals surface area contributed by atoms with Crippen LogP contribution in [0.25, 0.3) is 0 Å². The number of ether oxygens (including phenoxy) is 1. The first-order chi connectivity index (χ1) is 8.79. The van der Waals surface area contributed by atoms with Crippen LogP contribution >= 0.6 is 0 Å². The van der Waals surface area contributed by atoms with Gasteiger partial charge in [0.25, 0.3) is 0 Å². The molecule has 0 saturated heterocycles. The van der Waals surface area contributed by atoms with Gasteiger partial charge in [-0.15, -0.1) is 0 Å². The third-order valence-corrected chi connectivity index (χ3v) is 3.26. The summed E-state index contributed by atoms with van der Waals surface area (Å²) < 4.78 is 5.96. The molecule has 0 radical (unpaired) electrons. The third kappa shape index (κ3) is 3.47. The Morgan fingerprint density at radius 2 is 2.00 bits per heavy atom. The summed E-state index contributed by atoms with van der Waals surface area (Å²) in [6.45, 7) is 0.0363. The average molecular weight is 248 g/mol. The molecule has 1 fully saturated rings. The van der Waals surface area contributed by atoms with E-state index in [1.807, 2.05) is 30.3 Å². The molecule has 1 saturated carbocycles. The van der Waals surface area contributed by atoms with Crippen molar-refractivity contribution in [3.05, 3.63) is 30.3 Å². The van der Waals surface area contributed by atoms with Crippen LogP contribution in [0.4, 0.5) is 0 Å². The number of hydrogen-bond donors (Lipinski definition) is 2. The number of para-hydroxylation sites is 1. The van der Waals surface area contributed by atoms with Crippen LogP contribution in [0.5, 0.6) is 5.75 Å². The van der Waals surface area contributed by atoms with Crippen molar-refractivity contribution in [1.29, 1.82) is 0 Å². The standard InChI is InChI=1S/C14H20N2O2/c15-10-14(17)16-12-8-4-5-9-13(12)18-11-6-2-1-3-7-11/h1-3,6-7,12-13H,4-5,8-10,15H2,(H,16,17)/t12-,13+/m0/s1. The summed E-state index contributed by atoms with van der Waals surface area (Å²) in [4.78, 5) is 11.4. The molecule has 1 amide bonds. The fourth-order valence-corrected chi connectivity index (χ4v) is 2.34. The van der Waals surface area contributed by atoms with Gasteiger partial charge in [-0.05, 0) is 31.4 Å². The number of carbonyl (C=O) groups is 1. The largest absolute Gasteiger partial charge is 0.488 e. The van der Waals surface area contributed by atoms with Crippen molar-refractivity contribution in [3.63, 3.8) is 0 Å². The van der Waals surface area contributed by atoms with Crippen molar-refractivity contribution < 1.29 is 9.53 Å². The Morgan fingerprint density at radius 1 is 1.28 bits per heavy atom. The first-order valence-corrected chi connectivity index (χ1v) is 6.50. The summed E-state index contributed by atoms with van der Waals surface area (Å²) in [5.41, 5.74) is 5.33. The van der Waals surface area contributed by atoms with Crippen molar-refractivity contribution in [2.24, 2.45) is 5.73 Å². The highest BCUT2D eigenvalue weighted by Crippen LogP contribution is 2.23. The van der Waals surface area contributed by atoms with Crippen LogP contribution in [-0.2, 0) is 4.79 Å². The highest BCUT2D eigenvalue weighted by atomic mass is 16.5. The zero-order chi connectivity index (χ0) is 12.8. The molecule has 0 aliphatic heterocycles. The molecule has 2 rings (SSSR count). The second-order valence-corrected chi connectivity index (χ2v) is 4.63. The summed E-state index contributed by atoms with van der Waals surface area (Å²) in [6.07, 6.45) is 4.27. The number of rotatable bonds is 4. The van der Waals surface area contributed by atoms with Gasteiger partial charge in [0.05, 0.1) is 12.6 Å². The van der Waals surface area contributed by atoms with Gasteiger partial charge in [0.1, 0.15) is 11.9 Å². The zero-order valence-electron chi connectivity index (χ0n) is 10.5. The Balaban J connectivity index is 1.97. The van der Waals surface area contributed by atoms with Crippen LogP contribution in [0.2, 0.25) is 0 Å². The van der Waals surface area contributed by atoms with E-state index >= 15 is 0 Å². The topological polar surface area (TPSA) is 64.4 Å². The van der Waals surface area contributed by atoms with E-state index in [-0.39, 0.29) is 24.6 Å². The minimum atomic E-state index is -0.108. The Kier molecular flexibility index (Phi) is 4.59. The van der Waals surface area contributed by atoms with Gasteiger partial charge in [0.2, 0.25) is 5.91 Å². The fourth-order valence-electron chi connectivity index (χ4n) is 2.34. The highest BCUT2D eigenvalue weighted by molar-refractivity contribution is 5.78. The van der Waals surface area contributed by atoms with Gasteiger partial charge in [-0.3, -0.25) is 4.79 Å². The van der Waals surface area contributed by atoms with Crippen LogP contribution in [0, 0.1) is 0 Å². The van der Waals surface area contributed by atoms with Crippen molar-refractivity contribution in [2.75, 3.05) is 6.54 Å². The maximum Gasteiger partial charge on any atom is 0.234 e. The van der Waals surface area contributed by atoms with Crippen LogP contribution in [0.1, 0.15) is 25.7 Å². The summed E-state index contributed by atoms with van der Waals surface area (Å²) in [5.74, 6) is 0.750. The zero-order valence-corrected chi connectivity index (χ0v) is 10.5. The van der Waals surface area contributed by atoms with Crippen molar-refractivity contribution in [2.45, 2.75) is 37.8 Å². The molecule has 4 nitrogen and oxygen atoms in total. The number of amides is 1. The van der Waals surface area contributed by atoms with E-state index < -0.39 is 0 Å². The molecular formula is C14H20N2O2. The summed E-state index contributed by atoms with van der Waals surface area (Å²) >= 11 is 0. The lowest BCUT2D eigenvalue weighted by atomic mass is 9.92. The monoisotopic (exact) mass is 248 g/mol. The van der Waals surface area contributed by atoms with Crippen molar-refractivity contribution >= 4 is 5.91 Å². The number of carbonyl (C=O) groups excluding carboxylic acids is 1. The van der Waals surface area contributed by atoms with Crippen molar-refractivity contribution in [1.82, 2.24) is 5.32 Å². The molecule has 1 aromatic carbocycles. The molecule has 0 heterocycles. The second kappa shape index (κ2) is 6.40. The second-order valence-electron chi connectivity index (χ2n) is 4.63. The number of nitrogens with two attached hydrogens (primary N) is 1. The molecule has 0 unspecified atom stereocenters. The first kappa shape index (κ1) is 12.9. The highest BCUT2D eigenvalue weighted by Gasteiger charge is 2.27. The molecular weight excluding hydrogens is 228 g/mol. The van der Waals surface area contributed by atoms with Gasteiger partial charge in [-0.1, -0.05) is 24.6 Å². The molecule has 3 N–H and O–H groups in total. The predicted octanol–water partition coefficient (Wildman–Crippen LogP) is 1.45. The van der Waals surface area contributed by atoms with E-state index in [0.29, 0.717) is 0 Å². The SMILES string of the molecule is NCC(=O)N[C@H]1CCCC[C@H]1Oc1ccccc1. The van der Waals surface area contributed by atoms with E-state index in [2.05, 4.69) is 5.32 Å². The molecule has 2 atom stereocenters. The van der Waals surface area contributed by atoms with E-state index in [1.54, 1.807) is 0 Å². The molecule has 1 aliphatic rings. The lowest BCUT2D eigenvalue weighted by Crippen LogP contribution is -2.49. The van der Waals surface area contributed by atoms with E-state index in [1.165, 1.54) is 0 Å². The van der Waals surface area contributed by atoms with Gasteiger partial charge >= 0.3 is 0 Å². The number of benzene rings is 1. The van der Waals surface area contributed by atoms with Gasteiger partial charge in [0, 0.05) is 0 Å². The van der Waals surface area contributed by atoms with Crippen LogP contribution in [0.3, 0.4) is 0 Å². The minimum absolute atomic E-state index is 0.0363. The molecule has 0 bridgehead atoms. The Hall–Kier alpha value is -1.55. The maximum atomic E-state index is 11.4. The van der Waals surface area contributed by atoms with E-state index in [9.17, 15) is 4.79 Å². The molecule has 1 aliphatic carbocycles. The van der Waals surface area contributed by atoms with Gasteiger partial charge in [0.15, 0.2) is 0 Å².